The molecule has 1 N–H and O–H groups in total. The lowest BCUT2D eigenvalue weighted by Crippen LogP contribution is -2.49. The Labute approximate surface area is 177 Å². The van der Waals surface area contributed by atoms with Gasteiger partial charge in [0.25, 0.3) is 0 Å². The van der Waals surface area contributed by atoms with Gasteiger partial charge < -0.3 is 14.7 Å². The van der Waals surface area contributed by atoms with Crippen molar-refractivity contribution in [2.75, 3.05) is 0 Å². The van der Waals surface area contributed by atoms with E-state index in [9.17, 15) is 4.79 Å². The number of halogens is 1. The number of carbonyl (C=O) groups is 1. The number of benzene rings is 1. The third-order valence-electron chi connectivity index (χ3n) is 6.09. The van der Waals surface area contributed by atoms with Crippen LogP contribution >= 0.6 is 11.6 Å². The molecule has 0 atom stereocenters. The Balaban J connectivity index is 1.47. The van der Waals surface area contributed by atoms with Gasteiger partial charge in [0.15, 0.2) is 0 Å². The number of urea groups is 1. The molecule has 0 aliphatic heterocycles. The van der Waals surface area contributed by atoms with Crippen LogP contribution in [0.3, 0.4) is 0 Å². The molecule has 0 saturated heterocycles. The van der Waals surface area contributed by atoms with Gasteiger partial charge >= 0.3 is 6.03 Å². The van der Waals surface area contributed by atoms with Crippen molar-refractivity contribution in [3.05, 3.63) is 35.2 Å². The van der Waals surface area contributed by atoms with E-state index < -0.39 is 0 Å². The van der Waals surface area contributed by atoms with E-state index in [2.05, 4.69) is 15.5 Å². The molecule has 29 heavy (non-hydrogen) atoms. The zero-order valence-electron chi connectivity index (χ0n) is 16.8. The summed E-state index contributed by atoms with van der Waals surface area (Å²) in [5, 5.41) is 8.03. The number of aromatic nitrogens is 2. The van der Waals surface area contributed by atoms with Crippen molar-refractivity contribution in [2.24, 2.45) is 0 Å². The fraction of sp³-hybridized carbons (Fsp3) is 0.591. The van der Waals surface area contributed by atoms with E-state index in [-0.39, 0.29) is 18.1 Å². The van der Waals surface area contributed by atoms with Crippen LogP contribution < -0.4 is 5.32 Å². The first-order chi connectivity index (χ1) is 14.2. The molecule has 2 aromatic rings. The SMILES string of the molecule is O=C(NC1CCCCC1)N(Cc1nc(-c2ccc(Cl)cc2)no1)C1CCCCC1. The number of carbonyl (C=O) groups excluding carboxylic acids is 1. The first kappa shape index (κ1) is 20.2. The Morgan fingerprint density at radius 3 is 2.38 bits per heavy atom. The Morgan fingerprint density at radius 1 is 1.03 bits per heavy atom. The van der Waals surface area contributed by atoms with E-state index in [1.54, 1.807) is 12.1 Å². The van der Waals surface area contributed by atoms with Gasteiger partial charge in [0.2, 0.25) is 11.7 Å². The fourth-order valence-electron chi connectivity index (χ4n) is 4.44. The standard InChI is InChI=1S/C22H29ClN4O2/c23-17-13-11-16(12-14-17)21-25-20(29-26-21)15-27(19-9-5-2-6-10-19)22(28)24-18-7-3-1-4-8-18/h11-14,18-19H,1-10,15H2,(H,24,28). The van der Waals surface area contributed by atoms with E-state index in [0.717, 1.165) is 44.1 Å². The summed E-state index contributed by atoms with van der Waals surface area (Å²) in [5.74, 6) is 0.993. The highest BCUT2D eigenvalue weighted by Gasteiger charge is 2.29. The van der Waals surface area contributed by atoms with Gasteiger partial charge in [-0.15, -0.1) is 0 Å². The Kier molecular flexibility index (Phi) is 6.70. The summed E-state index contributed by atoms with van der Waals surface area (Å²) in [6.07, 6.45) is 11.5. The van der Waals surface area contributed by atoms with E-state index in [0.29, 0.717) is 23.3 Å². The topological polar surface area (TPSA) is 71.3 Å². The van der Waals surface area contributed by atoms with Crippen molar-refractivity contribution in [2.45, 2.75) is 82.8 Å². The third kappa shape index (κ3) is 5.30. The van der Waals surface area contributed by atoms with Gasteiger partial charge in [-0.25, -0.2) is 4.79 Å². The van der Waals surface area contributed by atoms with Crippen LogP contribution in [0.5, 0.6) is 0 Å². The van der Waals surface area contributed by atoms with E-state index >= 15 is 0 Å². The van der Waals surface area contributed by atoms with Crippen molar-refractivity contribution in [3.63, 3.8) is 0 Å². The van der Waals surface area contributed by atoms with Gasteiger partial charge in [0.1, 0.15) is 6.54 Å². The number of amides is 2. The van der Waals surface area contributed by atoms with Gasteiger partial charge in [-0.3, -0.25) is 0 Å². The van der Waals surface area contributed by atoms with Crippen LogP contribution in [-0.4, -0.2) is 33.2 Å². The number of hydrogen-bond acceptors (Lipinski definition) is 4. The van der Waals surface area contributed by atoms with Gasteiger partial charge in [0, 0.05) is 22.7 Å². The Bertz CT molecular complexity index is 795. The van der Waals surface area contributed by atoms with Crippen molar-refractivity contribution < 1.29 is 9.32 Å². The van der Waals surface area contributed by atoms with Gasteiger partial charge in [-0.1, -0.05) is 55.3 Å². The molecule has 2 aliphatic carbocycles. The minimum Gasteiger partial charge on any atom is -0.337 e. The van der Waals surface area contributed by atoms with E-state index in [1.165, 1.54) is 25.7 Å². The lowest BCUT2D eigenvalue weighted by Gasteiger charge is -2.35. The molecular weight excluding hydrogens is 388 g/mol. The molecule has 2 aliphatic rings. The Morgan fingerprint density at radius 2 is 1.69 bits per heavy atom. The fourth-order valence-corrected chi connectivity index (χ4v) is 4.57. The molecule has 156 valence electrons. The number of hydrogen-bond donors (Lipinski definition) is 1. The van der Waals surface area contributed by atoms with Crippen molar-refractivity contribution in [1.82, 2.24) is 20.4 Å². The predicted molar refractivity (Wildman–Crippen MR) is 113 cm³/mol. The van der Waals surface area contributed by atoms with Crippen molar-refractivity contribution in [1.29, 1.82) is 0 Å². The molecule has 2 fully saturated rings. The highest BCUT2D eigenvalue weighted by atomic mass is 35.5. The normalized spacial score (nSPS) is 18.5. The summed E-state index contributed by atoms with van der Waals surface area (Å²) in [4.78, 5) is 19.6. The molecule has 6 nitrogen and oxygen atoms in total. The quantitative estimate of drug-likeness (QED) is 0.691. The van der Waals surface area contributed by atoms with Crippen molar-refractivity contribution in [3.8, 4) is 11.4 Å². The molecule has 4 rings (SSSR count). The molecule has 1 aromatic heterocycles. The maximum Gasteiger partial charge on any atom is 0.318 e. The zero-order chi connectivity index (χ0) is 20.1. The number of nitrogens with zero attached hydrogens (tertiary/aromatic N) is 3. The molecule has 2 amide bonds. The molecule has 0 radical (unpaired) electrons. The second-order valence-electron chi connectivity index (χ2n) is 8.22. The van der Waals surface area contributed by atoms with Gasteiger partial charge in [-0.2, -0.15) is 4.98 Å². The van der Waals surface area contributed by atoms with Crippen LogP contribution in [0.15, 0.2) is 28.8 Å². The molecule has 7 heteroatoms. The summed E-state index contributed by atoms with van der Waals surface area (Å²) >= 11 is 5.96. The minimum atomic E-state index is 0.00930. The molecule has 1 heterocycles. The van der Waals surface area contributed by atoms with Crippen molar-refractivity contribution >= 4 is 17.6 Å². The third-order valence-corrected chi connectivity index (χ3v) is 6.34. The second-order valence-corrected chi connectivity index (χ2v) is 8.66. The first-order valence-electron chi connectivity index (χ1n) is 10.8. The largest absolute Gasteiger partial charge is 0.337 e. The van der Waals surface area contributed by atoms with Crippen LogP contribution in [0.2, 0.25) is 5.02 Å². The van der Waals surface area contributed by atoms with E-state index in [4.69, 9.17) is 16.1 Å². The number of rotatable bonds is 5. The zero-order valence-corrected chi connectivity index (χ0v) is 17.5. The van der Waals surface area contributed by atoms with Crippen LogP contribution in [0.1, 0.15) is 70.1 Å². The lowest BCUT2D eigenvalue weighted by atomic mass is 9.94. The highest BCUT2D eigenvalue weighted by Crippen LogP contribution is 2.26. The van der Waals surface area contributed by atoms with E-state index in [1.807, 2.05) is 17.0 Å². The molecule has 0 unspecified atom stereocenters. The molecular formula is C22H29ClN4O2. The van der Waals surface area contributed by atoms with Crippen LogP contribution in [-0.2, 0) is 6.54 Å². The van der Waals surface area contributed by atoms with Crippen LogP contribution in [0.4, 0.5) is 4.79 Å². The molecule has 0 bridgehead atoms. The molecule has 2 saturated carbocycles. The first-order valence-corrected chi connectivity index (χ1v) is 11.2. The summed E-state index contributed by atoms with van der Waals surface area (Å²) in [7, 11) is 0. The average Bonchev–Trinajstić information content (AvgIpc) is 3.22. The summed E-state index contributed by atoms with van der Waals surface area (Å²) < 4.78 is 5.49. The average molecular weight is 417 g/mol. The van der Waals surface area contributed by atoms with Crippen LogP contribution in [0, 0.1) is 0 Å². The molecule has 0 spiro atoms. The second kappa shape index (κ2) is 9.61. The Hall–Kier alpha value is -2.08. The van der Waals surface area contributed by atoms with Crippen LogP contribution in [0.25, 0.3) is 11.4 Å². The summed E-state index contributed by atoms with van der Waals surface area (Å²) in [5.41, 5.74) is 0.847. The summed E-state index contributed by atoms with van der Waals surface area (Å²) in [6.45, 7) is 0.351. The van der Waals surface area contributed by atoms with Gasteiger partial charge in [0.05, 0.1) is 0 Å². The number of nitrogens with one attached hydrogen (secondary N) is 1. The minimum absolute atomic E-state index is 0.00930. The lowest BCUT2D eigenvalue weighted by molar-refractivity contribution is 0.136. The smallest absolute Gasteiger partial charge is 0.318 e. The maximum absolute atomic E-state index is 13.1. The predicted octanol–water partition coefficient (Wildman–Crippen LogP) is 5.57. The van der Waals surface area contributed by atoms with Gasteiger partial charge in [-0.05, 0) is 49.9 Å². The maximum atomic E-state index is 13.1. The highest BCUT2D eigenvalue weighted by molar-refractivity contribution is 6.30. The summed E-state index contributed by atoms with van der Waals surface area (Å²) in [6, 6.07) is 7.87. The molecule has 1 aromatic carbocycles. The monoisotopic (exact) mass is 416 g/mol.